The lowest BCUT2D eigenvalue weighted by atomic mass is 10.2. The van der Waals surface area contributed by atoms with Crippen molar-refractivity contribution in [2.45, 2.75) is 32.4 Å². The van der Waals surface area contributed by atoms with Gasteiger partial charge in [-0.25, -0.2) is 0 Å². The van der Waals surface area contributed by atoms with Crippen molar-refractivity contribution in [1.82, 2.24) is 24.8 Å². The molecule has 1 aliphatic heterocycles. The Hall–Kier alpha value is -3.16. The van der Waals surface area contributed by atoms with Crippen molar-refractivity contribution in [2.24, 2.45) is 0 Å². The van der Waals surface area contributed by atoms with E-state index in [-0.39, 0.29) is 11.9 Å². The largest absolute Gasteiger partial charge is 0.496 e. The second kappa shape index (κ2) is 7.22. The number of aromatic nitrogens is 4. The zero-order valence-electron chi connectivity index (χ0n) is 15.3. The number of hydrogen-bond acceptors (Lipinski definition) is 6. The van der Waals surface area contributed by atoms with Crippen molar-refractivity contribution in [2.75, 3.05) is 13.7 Å². The summed E-state index contributed by atoms with van der Waals surface area (Å²) >= 11 is 0. The van der Waals surface area contributed by atoms with Crippen LogP contribution in [0.15, 0.2) is 41.1 Å². The van der Waals surface area contributed by atoms with E-state index >= 15 is 0 Å². The molecule has 0 saturated carbocycles. The fourth-order valence-corrected chi connectivity index (χ4v) is 3.37. The van der Waals surface area contributed by atoms with Gasteiger partial charge in [-0.3, -0.25) is 9.48 Å². The van der Waals surface area contributed by atoms with Gasteiger partial charge >= 0.3 is 0 Å². The van der Waals surface area contributed by atoms with Gasteiger partial charge in [-0.15, -0.1) is 0 Å². The highest BCUT2D eigenvalue weighted by molar-refractivity contribution is 5.92. The number of para-hydroxylation sites is 1. The van der Waals surface area contributed by atoms with Gasteiger partial charge in [-0.2, -0.15) is 10.1 Å². The molecular formula is C19H21N5O3. The van der Waals surface area contributed by atoms with Gasteiger partial charge in [-0.05, 0) is 38.0 Å². The van der Waals surface area contributed by atoms with Crippen LogP contribution in [0, 0.1) is 0 Å². The molecule has 1 aliphatic rings. The van der Waals surface area contributed by atoms with Crippen LogP contribution in [0.4, 0.5) is 0 Å². The standard InChI is InChI=1S/C19H21N5O3/c1-3-23-12-10-14(21-23)19(25)24-11-6-8-15(24)18-20-17(22-27-18)13-7-4-5-9-16(13)26-2/h4-5,7,9-10,12,15H,3,6,8,11H2,1-2H3. The first-order valence-electron chi connectivity index (χ1n) is 9.02. The average Bonchev–Trinajstić information content (AvgIpc) is 3.47. The number of hydrogen-bond donors (Lipinski definition) is 0. The van der Waals surface area contributed by atoms with E-state index in [0.29, 0.717) is 29.7 Å². The van der Waals surface area contributed by atoms with Gasteiger partial charge in [0.1, 0.15) is 17.5 Å². The lowest BCUT2D eigenvalue weighted by Gasteiger charge is -2.20. The molecule has 1 fully saturated rings. The van der Waals surface area contributed by atoms with Crippen LogP contribution < -0.4 is 4.74 Å². The molecule has 1 aromatic carbocycles. The number of methoxy groups -OCH3 is 1. The summed E-state index contributed by atoms with van der Waals surface area (Å²) in [6.45, 7) is 3.36. The molecule has 1 saturated heterocycles. The summed E-state index contributed by atoms with van der Waals surface area (Å²) in [4.78, 5) is 19.2. The van der Waals surface area contributed by atoms with E-state index in [4.69, 9.17) is 9.26 Å². The van der Waals surface area contributed by atoms with Crippen molar-refractivity contribution in [3.8, 4) is 17.1 Å². The first-order chi connectivity index (χ1) is 13.2. The third kappa shape index (κ3) is 3.18. The molecule has 0 N–H and O–H groups in total. The Kier molecular flexibility index (Phi) is 4.62. The Bertz CT molecular complexity index is 948. The minimum Gasteiger partial charge on any atom is -0.496 e. The molecule has 0 aliphatic carbocycles. The summed E-state index contributed by atoms with van der Waals surface area (Å²) < 4.78 is 12.6. The number of nitrogens with zero attached hydrogens (tertiary/aromatic N) is 5. The van der Waals surface area contributed by atoms with Gasteiger partial charge in [0.2, 0.25) is 11.7 Å². The molecule has 3 heterocycles. The second-order valence-electron chi connectivity index (χ2n) is 6.37. The zero-order valence-corrected chi connectivity index (χ0v) is 15.3. The third-order valence-corrected chi connectivity index (χ3v) is 4.77. The molecule has 1 unspecified atom stereocenters. The molecule has 0 bridgehead atoms. The average molecular weight is 367 g/mol. The second-order valence-corrected chi connectivity index (χ2v) is 6.37. The van der Waals surface area contributed by atoms with Crippen LogP contribution in [0.1, 0.15) is 42.2 Å². The van der Waals surface area contributed by atoms with Crippen LogP contribution in [-0.2, 0) is 6.54 Å². The molecule has 1 atom stereocenters. The molecule has 4 rings (SSSR count). The fraction of sp³-hybridized carbons (Fsp3) is 0.368. The van der Waals surface area contributed by atoms with Gasteiger partial charge in [0.05, 0.1) is 12.7 Å². The Morgan fingerprint density at radius 3 is 2.96 bits per heavy atom. The van der Waals surface area contributed by atoms with E-state index in [1.807, 2.05) is 37.4 Å². The van der Waals surface area contributed by atoms with Crippen LogP contribution >= 0.6 is 0 Å². The van der Waals surface area contributed by atoms with Crippen LogP contribution in [-0.4, -0.2) is 44.4 Å². The number of rotatable bonds is 5. The molecule has 8 heteroatoms. The third-order valence-electron chi connectivity index (χ3n) is 4.77. The molecule has 3 aromatic rings. The molecule has 0 spiro atoms. The van der Waals surface area contributed by atoms with E-state index in [1.54, 1.807) is 22.8 Å². The van der Waals surface area contributed by atoms with E-state index in [2.05, 4.69) is 15.2 Å². The lowest BCUT2D eigenvalue weighted by Crippen LogP contribution is -2.31. The molecule has 8 nitrogen and oxygen atoms in total. The predicted octanol–water partition coefficient (Wildman–Crippen LogP) is 2.94. The molecular weight excluding hydrogens is 346 g/mol. The van der Waals surface area contributed by atoms with Crippen molar-refractivity contribution < 1.29 is 14.1 Å². The van der Waals surface area contributed by atoms with E-state index in [0.717, 1.165) is 24.9 Å². The zero-order chi connectivity index (χ0) is 18.8. The summed E-state index contributed by atoms with van der Waals surface area (Å²) in [5, 5.41) is 8.42. The maximum absolute atomic E-state index is 12.9. The number of carbonyl (C=O) groups excluding carboxylic acids is 1. The van der Waals surface area contributed by atoms with Gasteiger partial charge in [-0.1, -0.05) is 17.3 Å². The highest BCUT2D eigenvalue weighted by Crippen LogP contribution is 2.34. The minimum atomic E-state index is -0.236. The normalized spacial score (nSPS) is 16.7. The van der Waals surface area contributed by atoms with E-state index in [9.17, 15) is 4.79 Å². The van der Waals surface area contributed by atoms with Crippen LogP contribution in [0.2, 0.25) is 0 Å². The first kappa shape index (κ1) is 17.3. The Balaban J connectivity index is 1.59. The molecule has 0 radical (unpaired) electrons. The lowest BCUT2D eigenvalue weighted by molar-refractivity contribution is 0.0703. The quantitative estimate of drug-likeness (QED) is 0.689. The summed E-state index contributed by atoms with van der Waals surface area (Å²) in [5.41, 5.74) is 1.20. The Morgan fingerprint density at radius 2 is 2.19 bits per heavy atom. The van der Waals surface area contributed by atoms with Gasteiger partial charge in [0.15, 0.2) is 0 Å². The van der Waals surface area contributed by atoms with Crippen LogP contribution in [0.3, 0.4) is 0 Å². The highest BCUT2D eigenvalue weighted by atomic mass is 16.5. The molecule has 140 valence electrons. The van der Waals surface area contributed by atoms with E-state index < -0.39 is 0 Å². The minimum absolute atomic E-state index is 0.109. The number of ether oxygens (including phenoxy) is 1. The summed E-state index contributed by atoms with van der Waals surface area (Å²) in [5.74, 6) is 1.46. The van der Waals surface area contributed by atoms with Gasteiger partial charge in [0.25, 0.3) is 5.91 Å². The Morgan fingerprint density at radius 1 is 1.33 bits per heavy atom. The molecule has 1 amide bonds. The number of likely N-dealkylation sites (tertiary alicyclic amines) is 1. The smallest absolute Gasteiger partial charge is 0.275 e. The van der Waals surface area contributed by atoms with Crippen molar-refractivity contribution in [3.05, 3.63) is 48.1 Å². The highest BCUT2D eigenvalue weighted by Gasteiger charge is 2.35. The number of benzene rings is 1. The summed E-state index contributed by atoms with van der Waals surface area (Å²) in [7, 11) is 1.60. The predicted molar refractivity (Wildman–Crippen MR) is 97.2 cm³/mol. The van der Waals surface area contributed by atoms with Crippen LogP contribution in [0.25, 0.3) is 11.4 Å². The Labute approximate surface area is 156 Å². The maximum Gasteiger partial charge on any atom is 0.275 e. The summed E-state index contributed by atoms with van der Waals surface area (Å²) in [6.07, 6.45) is 3.48. The van der Waals surface area contributed by atoms with Crippen molar-refractivity contribution >= 4 is 5.91 Å². The number of carbonyl (C=O) groups is 1. The van der Waals surface area contributed by atoms with Crippen molar-refractivity contribution in [3.63, 3.8) is 0 Å². The van der Waals surface area contributed by atoms with Crippen molar-refractivity contribution in [1.29, 1.82) is 0 Å². The monoisotopic (exact) mass is 367 g/mol. The SMILES string of the molecule is CCn1ccc(C(=O)N2CCCC2c2nc(-c3ccccc3OC)no2)n1. The molecule has 2 aromatic heterocycles. The molecule has 27 heavy (non-hydrogen) atoms. The fourth-order valence-electron chi connectivity index (χ4n) is 3.37. The van der Waals surface area contributed by atoms with Crippen LogP contribution in [0.5, 0.6) is 5.75 Å². The number of amides is 1. The topological polar surface area (TPSA) is 86.3 Å². The van der Waals surface area contributed by atoms with Gasteiger partial charge < -0.3 is 14.2 Å². The maximum atomic E-state index is 12.9. The van der Waals surface area contributed by atoms with E-state index in [1.165, 1.54) is 0 Å². The number of aryl methyl sites for hydroxylation is 1. The van der Waals surface area contributed by atoms with Gasteiger partial charge in [0, 0.05) is 19.3 Å². The first-order valence-corrected chi connectivity index (χ1v) is 9.02. The summed E-state index contributed by atoms with van der Waals surface area (Å²) in [6, 6.07) is 9.01.